The Morgan fingerprint density at radius 1 is 0.917 bits per heavy atom. The maximum absolute atomic E-state index is 12.8. The fourth-order valence-corrected chi connectivity index (χ4v) is 3.69. The Hall–Kier alpha value is -4.59. The summed E-state index contributed by atoms with van der Waals surface area (Å²) in [4.78, 5) is 23.7. The number of hydrogen-bond donors (Lipinski definition) is 1. The SMILES string of the molecule is CCc1ccc(OCc2ccc(C(=O)Nc3cc(Oc4cc(C)cc(C)c4)cc([N+](=O)[O-])c3)o2)cc1. The predicted octanol–water partition coefficient (Wildman–Crippen LogP) is 6.99. The van der Waals surface area contributed by atoms with Gasteiger partial charge in [-0.05, 0) is 73.4 Å². The Kier molecular flexibility index (Phi) is 7.34. The number of non-ortho nitro benzene ring substituents is 1. The maximum Gasteiger partial charge on any atom is 0.291 e. The van der Waals surface area contributed by atoms with E-state index in [9.17, 15) is 14.9 Å². The van der Waals surface area contributed by atoms with Crippen molar-refractivity contribution < 1.29 is 23.6 Å². The lowest BCUT2D eigenvalue weighted by molar-refractivity contribution is -0.384. The standard InChI is InChI=1S/C28H26N2O6/c1-4-20-5-7-23(8-6-20)34-17-24-9-10-27(36-24)28(31)29-21-14-22(30(32)33)16-26(15-21)35-25-12-18(2)11-19(3)13-25/h5-16H,4,17H2,1-3H3,(H,29,31). The van der Waals surface area contributed by atoms with Crippen molar-refractivity contribution in [3.8, 4) is 17.2 Å². The minimum Gasteiger partial charge on any atom is -0.486 e. The molecule has 1 aromatic heterocycles. The number of amides is 1. The Balaban J connectivity index is 1.45. The number of nitrogens with zero attached hydrogens (tertiary/aromatic N) is 1. The highest BCUT2D eigenvalue weighted by molar-refractivity contribution is 6.02. The average molecular weight is 487 g/mol. The molecular formula is C28H26N2O6. The van der Waals surface area contributed by atoms with E-state index >= 15 is 0 Å². The summed E-state index contributed by atoms with van der Waals surface area (Å²) < 4.78 is 17.2. The van der Waals surface area contributed by atoms with Crippen molar-refractivity contribution in [2.24, 2.45) is 0 Å². The summed E-state index contributed by atoms with van der Waals surface area (Å²) >= 11 is 0. The topological polar surface area (TPSA) is 104 Å². The van der Waals surface area contributed by atoms with Crippen LogP contribution in [0.1, 0.15) is 39.9 Å². The summed E-state index contributed by atoms with van der Waals surface area (Å²) in [7, 11) is 0. The summed E-state index contributed by atoms with van der Waals surface area (Å²) in [6.07, 6.45) is 0.945. The number of nitrogens with one attached hydrogen (secondary N) is 1. The third kappa shape index (κ3) is 6.29. The molecule has 4 aromatic rings. The predicted molar refractivity (Wildman–Crippen MR) is 136 cm³/mol. The second kappa shape index (κ2) is 10.8. The van der Waals surface area contributed by atoms with Crippen molar-refractivity contribution in [1.82, 2.24) is 0 Å². The smallest absolute Gasteiger partial charge is 0.291 e. The van der Waals surface area contributed by atoms with Gasteiger partial charge in [-0.3, -0.25) is 14.9 Å². The average Bonchev–Trinajstić information content (AvgIpc) is 3.31. The number of carbonyl (C=O) groups excluding carboxylic acids is 1. The first-order valence-electron chi connectivity index (χ1n) is 11.5. The molecule has 184 valence electrons. The first kappa shape index (κ1) is 24.5. The number of aryl methyl sites for hydroxylation is 3. The van der Waals surface area contributed by atoms with E-state index in [2.05, 4.69) is 12.2 Å². The van der Waals surface area contributed by atoms with Gasteiger partial charge in [0, 0.05) is 12.1 Å². The molecule has 0 radical (unpaired) electrons. The third-order valence-electron chi connectivity index (χ3n) is 5.39. The summed E-state index contributed by atoms with van der Waals surface area (Å²) in [6, 6.07) is 20.7. The number of rotatable bonds is 9. The number of nitro groups is 1. The van der Waals surface area contributed by atoms with Gasteiger partial charge in [0.1, 0.15) is 29.6 Å². The summed E-state index contributed by atoms with van der Waals surface area (Å²) in [6.45, 7) is 6.11. The number of carbonyl (C=O) groups is 1. The van der Waals surface area contributed by atoms with E-state index in [-0.39, 0.29) is 29.5 Å². The van der Waals surface area contributed by atoms with Crippen LogP contribution in [0.4, 0.5) is 11.4 Å². The molecule has 4 rings (SSSR count). The lowest BCUT2D eigenvalue weighted by Crippen LogP contribution is -2.11. The Bertz CT molecular complexity index is 1370. The van der Waals surface area contributed by atoms with Gasteiger partial charge in [0.15, 0.2) is 5.76 Å². The van der Waals surface area contributed by atoms with Gasteiger partial charge in [0.25, 0.3) is 11.6 Å². The molecule has 1 amide bonds. The molecule has 0 aliphatic rings. The summed E-state index contributed by atoms with van der Waals surface area (Å²) in [5.74, 6) is 1.45. The first-order chi connectivity index (χ1) is 17.3. The van der Waals surface area contributed by atoms with E-state index in [1.807, 2.05) is 56.3 Å². The van der Waals surface area contributed by atoms with Crippen LogP contribution in [-0.4, -0.2) is 10.8 Å². The fourth-order valence-electron chi connectivity index (χ4n) is 3.69. The number of nitro benzene ring substituents is 1. The van der Waals surface area contributed by atoms with E-state index in [0.717, 1.165) is 17.5 Å². The molecule has 3 aromatic carbocycles. The second-order valence-electron chi connectivity index (χ2n) is 8.40. The number of anilines is 1. The minimum absolute atomic E-state index is 0.0539. The number of hydrogen-bond acceptors (Lipinski definition) is 6. The zero-order valence-electron chi connectivity index (χ0n) is 20.2. The van der Waals surface area contributed by atoms with Gasteiger partial charge in [-0.1, -0.05) is 25.1 Å². The van der Waals surface area contributed by atoms with E-state index in [1.165, 1.54) is 29.8 Å². The Morgan fingerprint density at radius 2 is 1.61 bits per heavy atom. The number of furan rings is 1. The maximum atomic E-state index is 12.8. The van der Waals surface area contributed by atoms with Crippen LogP contribution < -0.4 is 14.8 Å². The van der Waals surface area contributed by atoms with Crippen LogP contribution in [-0.2, 0) is 13.0 Å². The number of benzene rings is 3. The Morgan fingerprint density at radius 3 is 2.28 bits per heavy atom. The molecule has 0 atom stereocenters. The molecule has 0 aliphatic heterocycles. The van der Waals surface area contributed by atoms with Crippen LogP contribution in [0.2, 0.25) is 0 Å². The second-order valence-corrected chi connectivity index (χ2v) is 8.40. The van der Waals surface area contributed by atoms with E-state index in [4.69, 9.17) is 13.9 Å². The minimum atomic E-state index is -0.550. The third-order valence-corrected chi connectivity index (χ3v) is 5.39. The highest BCUT2D eigenvalue weighted by Crippen LogP contribution is 2.31. The van der Waals surface area contributed by atoms with Crippen LogP contribution in [0.3, 0.4) is 0 Å². The van der Waals surface area contributed by atoms with Crippen molar-refractivity contribution in [1.29, 1.82) is 0 Å². The molecule has 0 spiro atoms. The van der Waals surface area contributed by atoms with E-state index in [0.29, 0.717) is 17.3 Å². The van der Waals surface area contributed by atoms with E-state index < -0.39 is 10.8 Å². The molecular weight excluding hydrogens is 460 g/mol. The van der Waals surface area contributed by atoms with Crippen LogP contribution in [0.25, 0.3) is 0 Å². The number of ether oxygens (including phenoxy) is 2. The van der Waals surface area contributed by atoms with Crippen molar-refractivity contribution in [2.45, 2.75) is 33.8 Å². The quantitative estimate of drug-likeness (QED) is 0.202. The first-order valence-corrected chi connectivity index (χ1v) is 11.5. The van der Waals surface area contributed by atoms with Crippen LogP contribution >= 0.6 is 0 Å². The van der Waals surface area contributed by atoms with Crippen molar-refractivity contribution >= 4 is 17.3 Å². The van der Waals surface area contributed by atoms with Gasteiger partial charge in [0.05, 0.1) is 16.7 Å². The molecule has 0 aliphatic carbocycles. The molecule has 0 fully saturated rings. The molecule has 0 saturated carbocycles. The lowest BCUT2D eigenvalue weighted by Gasteiger charge is -2.10. The van der Waals surface area contributed by atoms with Gasteiger partial charge in [0.2, 0.25) is 0 Å². The highest BCUT2D eigenvalue weighted by Gasteiger charge is 2.16. The van der Waals surface area contributed by atoms with Crippen LogP contribution in [0.5, 0.6) is 17.2 Å². The van der Waals surface area contributed by atoms with Crippen LogP contribution in [0, 0.1) is 24.0 Å². The van der Waals surface area contributed by atoms with Crippen molar-refractivity contribution in [3.63, 3.8) is 0 Å². The Labute approximate surface area is 208 Å². The van der Waals surface area contributed by atoms with E-state index in [1.54, 1.807) is 6.07 Å². The molecule has 1 N–H and O–H groups in total. The lowest BCUT2D eigenvalue weighted by atomic mass is 10.1. The van der Waals surface area contributed by atoms with Crippen molar-refractivity contribution in [3.05, 3.63) is 111 Å². The van der Waals surface area contributed by atoms with Gasteiger partial charge in [-0.15, -0.1) is 0 Å². The van der Waals surface area contributed by atoms with Crippen molar-refractivity contribution in [2.75, 3.05) is 5.32 Å². The molecule has 1 heterocycles. The zero-order chi connectivity index (χ0) is 25.7. The largest absolute Gasteiger partial charge is 0.486 e. The fraction of sp³-hybridized carbons (Fsp3) is 0.179. The zero-order valence-corrected chi connectivity index (χ0v) is 20.2. The van der Waals surface area contributed by atoms with Gasteiger partial charge < -0.3 is 19.2 Å². The molecule has 0 unspecified atom stereocenters. The molecule has 8 heteroatoms. The molecule has 8 nitrogen and oxygen atoms in total. The van der Waals surface area contributed by atoms with Gasteiger partial charge in [-0.2, -0.15) is 0 Å². The summed E-state index contributed by atoms with van der Waals surface area (Å²) in [5.41, 5.74) is 3.20. The molecule has 0 saturated heterocycles. The van der Waals surface area contributed by atoms with Crippen LogP contribution in [0.15, 0.2) is 77.2 Å². The molecule has 36 heavy (non-hydrogen) atoms. The van der Waals surface area contributed by atoms with Gasteiger partial charge >= 0.3 is 0 Å². The molecule has 0 bridgehead atoms. The monoisotopic (exact) mass is 486 g/mol. The summed E-state index contributed by atoms with van der Waals surface area (Å²) in [5, 5.41) is 14.1. The highest BCUT2D eigenvalue weighted by atomic mass is 16.6. The normalized spacial score (nSPS) is 10.6. The van der Waals surface area contributed by atoms with Gasteiger partial charge in [-0.25, -0.2) is 0 Å².